The van der Waals surface area contributed by atoms with Crippen molar-refractivity contribution in [2.24, 2.45) is 11.7 Å². The number of hydrogen-bond donors (Lipinski definition) is 1. The maximum atomic E-state index is 12.5. The Kier molecular flexibility index (Phi) is 4.43. The zero-order valence-electron chi connectivity index (χ0n) is 11.0. The van der Waals surface area contributed by atoms with Crippen LogP contribution in [-0.2, 0) is 4.79 Å². The summed E-state index contributed by atoms with van der Waals surface area (Å²) in [5.41, 5.74) is 5.95. The maximum Gasteiger partial charge on any atom is 0.225 e. The maximum absolute atomic E-state index is 12.5. The highest BCUT2D eigenvalue weighted by atomic mass is 16.2. The van der Waals surface area contributed by atoms with Gasteiger partial charge in [-0.2, -0.15) is 0 Å². The van der Waals surface area contributed by atoms with E-state index in [0.29, 0.717) is 23.9 Å². The zero-order valence-corrected chi connectivity index (χ0v) is 11.0. The van der Waals surface area contributed by atoms with Crippen LogP contribution in [0.15, 0.2) is 0 Å². The summed E-state index contributed by atoms with van der Waals surface area (Å²) in [5, 5.41) is 0. The molecule has 2 N–H and O–H groups in total. The summed E-state index contributed by atoms with van der Waals surface area (Å²) in [6, 6.07) is 0.637. The summed E-state index contributed by atoms with van der Waals surface area (Å²) in [6.45, 7) is 3.02. The SMILES string of the molecule is CC1CC(N)CCN1C(=O)C1CCCCCC1. The molecule has 0 bridgehead atoms. The summed E-state index contributed by atoms with van der Waals surface area (Å²) in [5.74, 6) is 0.709. The Morgan fingerprint density at radius 1 is 1.12 bits per heavy atom. The van der Waals surface area contributed by atoms with Crippen LogP contribution in [0.5, 0.6) is 0 Å². The van der Waals surface area contributed by atoms with Crippen molar-refractivity contribution < 1.29 is 4.79 Å². The number of piperidine rings is 1. The Balaban J connectivity index is 1.93. The Hall–Kier alpha value is -0.570. The van der Waals surface area contributed by atoms with E-state index in [1.54, 1.807) is 0 Å². The molecule has 2 atom stereocenters. The standard InChI is InChI=1S/C14H26N2O/c1-11-10-13(15)8-9-16(11)14(17)12-6-4-2-3-5-7-12/h11-13H,2-10,15H2,1H3. The van der Waals surface area contributed by atoms with Gasteiger partial charge in [0, 0.05) is 24.5 Å². The second kappa shape index (κ2) is 5.85. The molecule has 0 aromatic rings. The topological polar surface area (TPSA) is 46.3 Å². The van der Waals surface area contributed by atoms with E-state index in [9.17, 15) is 4.79 Å². The number of hydrogen-bond acceptors (Lipinski definition) is 2. The van der Waals surface area contributed by atoms with E-state index in [4.69, 9.17) is 5.73 Å². The van der Waals surface area contributed by atoms with E-state index in [0.717, 1.165) is 32.2 Å². The lowest BCUT2D eigenvalue weighted by molar-refractivity contribution is -0.139. The van der Waals surface area contributed by atoms with E-state index < -0.39 is 0 Å². The molecule has 0 aromatic heterocycles. The molecule has 0 spiro atoms. The molecule has 98 valence electrons. The smallest absolute Gasteiger partial charge is 0.225 e. The number of nitrogens with zero attached hydrogens (tertiary/aromatic N) is 1. The second-order valence-corrected chi connectivity index (χ2v) is 5.85. The highest BCUT2D eigenvalue weighted by Crippen LogP contribution is 2.27. The van der Waals surface area contributed by atoms with Crippen LogP contribution >= 0.6 is 0 Å². The minimum atomic E-state index is 0.295. The Morgan fingerprint density at radius 3 is 2.35 bits per heavy atom. The van der Waals surface area contributed by atoms with Gasteiger partial charge in [0.1, 0.15) is 0 Å². The molecule has 1 aliphatic carbocycles. The van der Waals surface area contributed by atoms with Crippen molar-refractivity contribution in [3.05, 3.63) is 0 Å². The minimum absolute atomic E-state index is 0.295. The number of likely N-dealkylation sites (tertiary alicyclic amines) is 1. The Bertz CT molecular complexity index is 259. The van der Waals surface area contributed by atoms with Gasteiger partial charge < -0.3 is 10.6 Å². The van der Waals surface area contributed by atoms with Crippen molar-refractivity contribution in [2.75, 3.05) is 6.54 Å². The van der Waals surface area contributed by atoms with Crippen molar-refractivity contribution in [3.63, 3.8) is 0 Å². The van der Waals surface area contributed by atoms with Crippen molar-refractivity contribution in [3.8, 4) is 0 Å². The molecule has 1 aliphatic heterocycles. The molecular formula is C14H26N2O. The molecule has 2 rings (SSSR count). The first-order valence-electron chi connectivity index (χ1n) is 7.24. The summed E-state index contributed by atoms with van der Waals surface area (Å²) in [7, 11) is 0. The van der Waals surface area contributed by atoms with Gasteiger partial charge in [-0.3, -0.25) is 4.79 Å². The first-order valence-corrected chi connectivity index (χ1v) is 7.24. The first kappa shape index (κ1) is 12.9. The number of amides is 1. The van der Waals surface area contributed by atoms with Gasteiger partial charge in [-0.05, 0) is 32.6 Å². The highest BCUT2D eigenvalue weighted by molar-refractivity contribution is 5.79. The molecule has 1 saturated carbocycles. The molecule has 3 nitrogen and oxygen atoms in total. The van der Waals surface area contributed by atoms with E-state index in [-0.39, 0.29) is 0 Å². The summed E-state index contributed by atoms with van der Waals surface area (Å²) in [6.07, 6.45) is 9.24. The first-order chi connectivity index (χ1) is 8.18. The van der Waals surface area contributed by atoms with Crippen LogP contribution in [0.4, 0.5) is 0 Å². The lowest BCUT2D eigenvalue weighted by Crippen LogP contribution is -2.50. The van der Waals surface area contributed by atoms with Crippen LogP contribution < -0.4 is 5.73 Å². The van der Waals surface area contributed by atoms with Crippen LogP contribution in [0.25, 0.3) is 0 Å². The van der Waals surface area contributed by atoms with E-state index in [1.165, 1.54) is 25.7 Å². The van der Waals surface area contributed by atoms with Crippen molar-refractivity contribution in [2.45, 2.75) is 70.4 Å². The van der Waals surface area contributed by atoms with Crippen LogP contribution in [0.3, 0.4) is 0 Å². The average Bonchev–Trinajstić information content (AvgIpc) is 2.56. The number of carbonyl (C=O) groups excluding carboxylic acids is 1. The molecule has 1 amide bonds. The predicted molar refractivity (Wildman–Crippen MR) is 69.6 cm³/mol. The monoisotopic (exact) mass is 238 g/mol. The molecule has 1 heterocycles. The molecule has 2 fully saturated rings. The molecule has 0 aromatic carbocycles. The normalized spacial score (nSPS) is 32.2. The zero-order chi connectivity index (χ0) is 12.3. The fourth-order valence-electron chi connectivity index (χ4n) is 3.30. The molecule has 2 unspecified atom stereocenters. The van der Waals surface area contributed by atoms with Crippen LogP contribution in [-0.4, -0.2) is 29.4 Å². The van der Waals surface area contributed by atoms with Crippen LogP contribution in [0.2, 0.25) is 0 Å². The summed E-state index contributed by atoms with van der Waals surface area (Å²) < 4.78 is 0. The fourth-order valence-corrected chi connectivity index (χ4v) is 3.30. The van der Waals surface area contributed by atoms with Crippen molar-refractivity contribution in [1.82, 2.24) is 4.90 Å². The van der Waals surface area contributed by atoms with E-state index in [2.05, 4.69) is 11.8 Å². The lowest BCUT2D eigenvalue weighted by atomic mass is 9.93. The molecule has 17 heavy (non-hydrogen) atoms. The number of nitrogens with two attached hydrogens (primary N) is 1. The molecule has 2 aliphatic rings. The largest absolute Gasteiger partial charge is 0.340 e. The molecule has 3 heteroatoms. The minimum Gasteiger partial charge on any atom is -0.340 e. The van der Waals surface area contributed by atoms with E-state index in [1.807, 2.05) is 0 Å². The fraction of sp³-hybridized carbons (Fsp3) is 0.929. The van der Waals surface area contributed by atoms with Gasteiger partial charge in [0.05, 0.1) is 0 Å². The molecular weight excluding hydrogens is 212 g/mol. The quantitative estimate of drug-likeness (QED) is 0.712. The molecule has 1 saturated heterocycles. The van der Waals surface area contributed by atoms with Gasteiger partial charge in [0.25, 0.3) is 0 Å². The van der Waals surface area contributed by atoms with Gasteiger partial charge in [0.15, 0.2) is 0 Å². The van der Waals surface area contributed by atoms with Gasteiger partial charge in [-0.1, -0.05) is 25.7 Å². The predicted octanol–water partition coefficient (Wildman–Crippen LogP) is 2.29. The summed E-state index contributed by atoms with van der Waals surface area (Å²) >= 11 is 0. The third-order valence-electron chi connectivity index (χ3n) is 4.40. The third kappa shape index (κ3) is 3.21. The number of rotatable bonds is 1. The van der Waals surface area contributed by atoms with E-state index >= 15 is 0 Å². The van der Waals surface area contributed by atoms with Crippen LogP contribution in [0, 0.1) is 5.92 Å². The third-order valence-corrected chi connectivity index (χ3v) is 4.40. The van der Waals surface area contributed by atoms with Gasteiger partial charge in [-0.15, -0.1) is 0 Å². The lowest BCUT2D eigenvalue weighted by Gasteiger charge is -2.38. The summed E-state index contributed by atoms with van der Waals surface area (Å²) in [4.78, 5) is 14.6. The van der Waals surface area contributed by atoms with Crippen molar-refractivity contribution >= 4 is 5.91 Å². The average molecular weight is 238 g/mol. The van der Waals surface area contributed by atoms with Gasteiger partial charge in [0.2, 0.25) is 5.91 Å². The van der Waals surface area contributed by atoms with Gasteiger partial charge in [-0.25, -0.2) is 0 Å². The van der Waals surface area contributed by atoms with Crippen LogP contribution in [0.1, 0.15) is 58.3 Å². The Labute approximate surface area is 105 Å². The highest BCUT2D eigenvalue weighted by Gasteiger charge is 2.31. The van der Waals surface area contributed by atoms with Gasteiger partial charge >= 0.3 is 0 Å². The molecule has 0 radical (unpaired) electrons. The Morgan fingerprint density at radius 2 is 1.76 bits per heavy atom. The second-order valence-electron chi connectivity index (χ2n) is 5.85. The van der Waals surface area contributed by atoms with Crippen molar-refractivity contribution in [1.29, 1.82) is 0 Å². The number of carbonyl (C=O) groups is 1.